The van der Waals surface area contributed by atoms with Crippen molar-refractivity contribution in [2.75, 3.05) is 20.1 Å². The Morgan fingerprint density at radius 1 is 1.39 bits per heavy atom. The Kier molecular flexibility index (Phi) is 4.38. The molecule has 0 saturated carbocycles. The van der Waals surface area contributed by atoms with Gasteiger partial charge >= 0.3 is 0 Å². The fourth-order valence-corrected chi connectivity index (χ4v) is 2.04. The van der Waals surface area contributed by atoms with Gasteiger partial charge in [-0.2, -0.15) is 0 Å². The Morgan fingerprint density at radius 2 is 2.17 bits per heavy atom. The van der Waals surface area contributed by atoms with Crippen LogP contribution in [0.15, 0.2) is 30.3 Å². The number of nitrogens with zero attached hydrogens (tertiary/aromatic N) is 1. The van der Waals surface area contributed by atoms with Gasteiger partial charge in [-0.25, -0.2) is 0 Å². The molecule has 0 bridgehead atoms. The van der Waals surface area contributed by atoms with Crippen LogP contribution in [0, 0.1) is 11.8 Å². The van der Waals surface area contributed by atoms with Gasteiger partial charge in [0.05, 0.1) is 6.54 Å². The van der Waals surface area contributed by atoms with Crippen LogP contribution >= 0.6 is 0 Å². The molecule has 1 aromatic carbocycles. The lowest BCUT2D eigenvalue weighted by Crippen LogP contribution is -2.46. The Balaban J connectivity index is 1.76. The molecule has 1 unspecified atom stereocenters. The Labute approximate surface area is 108 Å². The smallest absolute Gasteiger partial charge is 0.222 e. The molecule has 1 saturated heterocycles. The third-order valence-electron chi connectivity index (χ3n) is 3.11. The van der Waals surface area contributed by atoms with Crippen LogP contribution < -0.4 is 5.32 Å². The van der Waals surface area contributed by atoms with Crippen LogP contribution in [0.5, 0.6) is 0 Å². The van der Waals surface area contributed by atoms with Crippen molar-refractivity contribution in [3.05, 3.63) is 35.9 Å². The topological polar surface area (TPSA) is 32.3 Å². The fraction of sp³-hybridized carbons (Fsp3) is 0.400. The number of benzene rings is 1. The highest BCUT2D eigenvalue weighted by Crippen LogP contribution is 2.08. The van der Waals surface area contributed by atoms with Crippen molar-refractivity contribution >= 4 is 5.91 Å². The van der Waals surface area contributed by atoms with Gasteiger partial charge in [-0.05, 0) is 18.6 Å². The maximum atomic E-state index is 11.3. The van der Waals surface area contributed by atoms with E-state index in [9.17, 15) is 4.79 Å². The Hall–Kier alpha value is -1.79. The predicted molar refractivity (Wildman–Crippen MR) is 72.0 cm³/mol. The number of nitrogens with one attached hydrogen (secondary N) is 1. The van der Waals surface area contributed by atoms with Crippen molar-refractivity contribution in [2.45, 2.75) is 18.9 Å². The van der Waals surface area contributed by atoms with Crippen molar-refractivity contribution in [2.24, 2.45) is 0 Å². The second kappa shape index (κ2) is 6.23. The SMILES string of the molecule is CN1CC(NCC#Cc2ccccc2)CCC1=O. The summed E-state index contributed by atoms with van der Waals surface area (Å²) in [6, 6.07) is 10.3. The molecule has 0 radical (unpaired) electrons. The van der Waals surface area contributed by atoms with E-state index in [4.69, 9.17) is 0 Å². The summed E-state index contributed by atoms with van der Waals surface area (Å²) < 4.78 is 0. The zero-order valence-electron chi connectivity index (χ0n) is 10.6. The van der Waals surface area contributed by atoms with E-state index in [0.29, 0.717) is 19.0 Å². The largest absolute Gasteiger partial charge is 0.344 e. The summed E-state index contributed by atoms with van der Waals surface area (Å²) in [7, 11) is 1.85. The highest BCUT2D eigenvalue weighted by atomic mass is 16.2. The number of piperidine rings is 1. The van der Waals surface area contributed by atoms with Gasteiger partial charge in [0.15, 0.2) is 0 Å². The van der Waals surface area contributed by atoms with Crippen molar-refractivity contribution in [3.63, 3.8) is 0 Å². The first-order valence-electron chi connectivity index (χ1n) is 6.27. The molecule has 0 aromatic heterocycles. The summed E-state index contributed by atoms with van der Waals surface area (Å²) in [6.45, 7) is 1.45. The lowest BCUT2D eigenvalue weighted by molar-refractivity contribution is -0.132. The molecular formula is C15H18N2O. The summed E-state index contributed by atoms with van der Waals surface area (Å²) in [6.07, 6.45) is 1.55. The van der Waals surface area contributed by atoms with E-state index < -0.39 is 0 Å². The van der Waals surface area contributed by atoms with Gasteiger partial charge in [0, 0.05) is 31.6 Å². The molecule has 1 aliphatic rings. The Morgan fingerprint density at radius 3 is 2.89 bits per heavy atom. The molecule has 1 N–H and O–H groups in total. The van der Waals surface area contributed by atoms with Gasteiger partial charge in [-0.3, -0.25) is 4.79 Å². The molecule has 18 heavy (non-hydrogen) atoms. The second-order valence-electron chi connectivity index (χ2n) is 4.56. The molecule has 94 valence electrons. The van der Waals surface area contributed by atoms with Crippen molar-refractivity contribution in [1.29, 1.82) is 0 Å². The number of hydrogen-bond acceptors (Lipinski definition) is 2. The minimum atomic E-state index is 0.239. The van der Waals surface area contributed by atoms with E-state index in [1.165, 1.54) is 0 Å². The third kappa shape index (κ3) is 3.61. The predicted octanol–water partition coefficient (Wildman–Crippen LogP) is 1.25. The van der Waals surface area contributed by atoms with Crippen LogP contribution in [-0.4, -0.2) is 37.0 Å². The van der Waals surface area contributed by atoms with Gasteiger partial charge in [0.2, 0.25) is 5.91 Å². The van der Waals surface area contributed by atoms with Gasteiger partial charge in [-0.1, -0.05) is 30.0 Å². The van der Waals surface area contributed by atoms with Crippen LogP contribution in [0.3, 0.4) is 0 Å². The molecule has 3 nitrogen and oxygen atoms in total. The van der Waals surface area contributed by atoms with Gasteiger partial charge in [0.1, 0.15) is 0 Å². The van der Waals surface area contributed by atoms with Gasteiger partial charge < -0.3 is 10.2 Å². The van der Waals surface area contributed by atoms with Gasteiger partial charge in [-0.15, -0.1) is 0 Å². The highest BCUT2D eigenvalue weighted by Gasteiger charge is 2.21. The summed E-state index contributed by atoms with van der Waals surface area (Å²) >= 11 is 0. The fourth-order valence-electron chi connectivity index (χ4n) is 2.04. The molecule has 0 aliphatic carbocycles. The lowest BCUT2D eigenvalue weighted by Gasteiger charge is -2.29. The van der Waals surface area contributed by atoms with Crippen LogP contribution in [-0.2, 0) is 4.79 Å². The second-order valence-corrected chi connectivity index (χ2v) is 4.56. The molecule has 0 spiro atoms. The zero-order chi connectivity index (χ0) is 12.8. The summed E-state index contributed by atoms with van der Waals surface area (Å²) in [4.78, 5) is 13.1. The molecule has 1 aliphatic heterocycles. The first-order valence-corrected chi connectivity index (χ1v) is 6.27. The number of carbonyl (C=O) groups is 1. The van der Waals surface area contributed by atoms with Gasteiger partial charge in [0.25, 0.3) is 0 Å². The molecule has 3 heteroatoms. The molecule has 1 aromatic rings. The maximum Gasteiger partial charge on any atom is 0.222 e. The van der Waals surface area contributed by atoms with Crippen molar-refractivity contribution in [3.8, 4) is 11.8 Å². The van der Waals surface area contributed by atoms with Crippen LogP contribution in [0.2, 0.25) is 0 Å². The molecular weight excluding hydrogens is 224 g/mol. The molecule has 1 heterocycles. The van der Waals surface area contributed by atoms with Crippen LogP contribution in [0.25, 0.3) is 0 Å². The van der Waals surface area contributed by atoms with Crippen LogP contribution in [0.4, 0.5) is 0 Å². The summed E-state index contributed by atoms with van der Waals surface area (Å²) in [5.74, 6) is 6.46. The Bertz CT molecular complexity index is 458. The van der Waals surface area contributed by atoms with E-state index in [-0.39, 0.29) is 5.91 Å². The maximum absolute atomic E-state index is 11.3. The molecule has 1 atom stereocenters. The quantitative estimate of drug-likeness (QED) is 0.792. The first kappa shape index (κ1) is 12.7. The monoisotopic (exact) mass is 242 g/mol. The first-order chi connectivity index (χ1) is 8.75. The number of hydrogen-bond donors (Lipinski definition) is 1. The normalized spacial score (nSPS) is 19.3. The highest BCUT2D eigenvalue weighted by molar-refractivity contribution is 5.76. The van der Waals surface area contributed by atoms with Crippen LogP contribution in [0.1, 0.15) is 18.4 Å². The van der Waals surface area contributed by atoms with E-state index in [0.717, 1.165) is 18.5 Å². The standard InChI is InChI=1S/C15H18N2O/c1-17-12-14(9-10-15(17)18)16-11-5-8-13-6-3-2-4-7-13/h2-4,6-7,14,16H,9-12H2,1H3. The number of likely N-dealkylation sites (N-methyl/N-ethyl adjacent to an activating group) is 1. The molecule has 1 fully saturated rings. The van der Waals surface area contributed by atoms with E-state index in [1.807, 2.05) is 37.4 Å². The van der Waals surface area contributed by atoms with E-state index in [1.54, 1.807) is 4.90 Å². The summed E-state index contributed by atoms with van der Waals surface area (Å²) in [5, 5.41) is 3.38. The number of likely N-dealkylation sites (tertiary alicyclic amines) is 1. The van der Waals surface area contributed by atoms with Crippen molar-refractivity contribution in [1.82, 2.24) is 10.2 Å². The number of rotatable bonds is 2. The zero-order valence-corrected chi connectivity index (χ0v) is 10.6. The number of amides is 1. The summed E-state index contributed by atoms with van der Waals surface area (Å²) in [5.41, 5.74) is 1.04. The minimum Gasteiger partial charge on any atom is -0.344 e. The van der Waals surface area contributed by atoms with E-state index in [2.05, 4.69) is 17.2 Å². The average molecular weight is 242 g/mol. The number of carbonyl (C=O) groups excluding carboxylic acids is 1. The lowest BCUT2D eigenvalue weighted by atomic mass is 10.1. The minimum absolute atomic E-state index is 0.239. The van der Waals surface area contributed by atoms with Crippen molar-refractivity contribution < 1.29 is 4.79 Å². The molecule has 2 rings (SSSR count). The average Bonchev–Trinajstić information content (AvgIpc) is 2.40. The molecule has 1 amide bonds. The van der Waals surface area contributed by atoms with E-state index >= 15 is 0 Å². The third-order valence-corrected chi connectivity index (χ3v) is 3.11.